The van der Waals surface area contributed by atoms with Gasteiger partial charge in [-0.3, -0.25) is 37.3 Å². The van der Waals surface area contributed by atoms with Crippen LogP contribution in [0.2, 0.25) is 0 Å². The molecule has 0 saturated heterocycles. The summed E-state index contributed by atoms with van der Waals surface area (Å²) in [7, 11) is -9.90. The molecule has 5 atom stereocenters. The molecule has 0 aliphatic heterocycles. The maximum Gasteiger partial charge on any atom is 0.472 e. The molecule has 0 aliphatic rings. The average Bonchev–Trinajstić information content (AvgIpc) is 1.62. The maximum absolute atomic E-state index is 13.1. The smallest absolute Gasteiger partial charge is 0.462 e. The van der Waals surface area contributed by atoms with Gasteiger partial charge in [0.25, 0.3) is 0 Å². The number of unbranched alkanes of at least 4 members (excludes halogenated alkanes) is 48. The number of hydrogen-bond acceptors (Lipinski definition) is 15. The molecule has 2 unspecified atom stereocenters. The SMILES string of the molecule is CCCCCCCCCCCCCCCCCCCCCCCC(=O)O[C@H](COC(=O)CCCCCCCCCCCCCCCCC)COP(=O)(O)OC[C@@H](O)COP(=O)(O)OC[C@@H](COC(=O)CCCCCCCCC(C)C)OC(=O)CCCCCCCCCCCC. The van der Waals surface area contributed by atoms with Gasteiger partial charge in [-0.25, -0.2) is 9.13 Å². The maximum atomic E-state index is 13.1. The Kier molecular flexibility index (Phi) is 67.7. The first-order valence-corrected chi connectivity index (χ1v) is 42.6. The molecule has 19 heteroatoms. The Labute approximate surface area is 581 Å². The van der Waals surface area contributed by atoms with Crippen LogP contribution in [-0.2, 0) is 65.4 Å². The molecule has 564 valence electrons. The topological polar surface area (TPSA) is 237 Å². The Bertz CT molecular complexity index is 1820. The molecule has 0 spiro atoms. The van der Waals surface area contributed by atoms with Crippen LogP contribution in [0.3, 0.4) is 0 Å². The van der Waals surface area contributed by atoms with Crippen molar-refractivity contribution in [1.82, 2.24) is 0 Å². The van der Waals surface area contributed by atoms with Crippen molar-refractivity contribution < 1.29 is 80.2 Å². The van der Waals surface area contributed by atoms with Gasteiger partial charge < -0.3 is 33.8 Å². The highest BCUT2D eigenvalue weighted by atomic mass is 31.2. The van der Waals surface area contributed by atoms with Crippen molar-refractivity contribution >= 4 is 39.5 Å². The van der Waals surface area contributed by atoms with E-state index in [9.17, 15) is 43.2 Å². The highest BCUT2D eigenvalue weighted by Crippen LogP contribution is 2.45. The molecule has 0 aliphatic carbocycles. The van der Waals surface area contributed by atoms with Gasteiger partial charge in [0.1, 0.15) is 19.3 Å². The molecule has 0 rings (SSSR count). The monoisotopic (exact) mass is 1400 g/mol. The van der Waals surface area contributed by atoms with Crippen LogP contribution in [0, 0.1) is 5.92 Å². The molecule has 0 heterocycles. The Hall–Kier alpha value is -1.94. The van der Waals surface area contributed by atoms with Crippen molar-refractivity contribution in [2.75, 3.05) is 39.6 Å². The minimum Gasteiger partial charge on any atom is -0.462 e. The first-order valence-electron chi connectivity index (χ1n) is 39.6. The number of aliphatic hydroxyl groups is 1. The summed E-state index contributed by atoms with van der Waals surface area (Å²) in [5.41, 5.74) is 0. The molecule has 0 saturated carbocycles. The number of phosphoric ester groups is 2. The van der Waals surface area contributed by atoms with Gasteiger partial charge in [-0.1, -0.05) is 349 Å². The fourth-order valence-electron chi connectivity index (χ4n) is 11.7. The highest BCUT2D eigenvalue weighted by Gasteiger charge is 2.30. The van der Waals surface area contributed by atoms with E-state index in [1.807, 2.05) is 0 Å². The van der Waals surface area contributed by atoms with E-state index < -0.39 is 97.5 Å². The number of ether oxygens (including phenoxy) is 4. The standard InChI is InChI=1S/C76H148O17P2/c1-6-9-12-15-18-21-24-26-28-29-30-31-32-33-35-37-39-42-45-52-57-62-76(81)92-71(65-86-73(78)59-54-49-43-41-38-36-34-27-25-22-19-16-13-10-7-2)67-90-94(82,83)88-63-70(77)64-89-95(84,85)91-68-72(66-87-74(79)60-55-50-47-46-48-53-58-69(4)5)93-75(80)61-56-51-44-40-23-20-17-14-11-8-3/h69-72,77H,6-68H2,1-5H3,(H,82,83)(H,84,85)/t70-,71-,72-/m1/s1. The van der Waals surface area contributed by atoms with Crippen LogP contribution in [0.15, 0.2) is 0 Å². The fourth-order valence-corrected chi connectivity index (χ4v) is 13.3. The van der Waals surface area contributed by atoms with Crippen LogP contribution in [0.4, 0.5) is 0 Å². The Morgan fingerprint density at radius 2 is 0.484 bits per heavy atom. The molecule has 95 heavy (non-hydrogen) atoms. The molecule has 0 amide bonds. The number of phosphoric acid groups is 2. The fraction of sp³-hybridized carbons (Fsp3) is 0.947. The van der Waals surface area contributed by atoms with Gasteiger partial charge >= 0.3 is 39.5 Å². The van der Waals surface area contributed by atoms with Crippen LogP contribution in [0.5, 0.6) is 0 Å². The lowest BCUT2D eigenvalue weighted by molar-refractivity contribution is -0.161. The molecule has 0 aromatic rings. The third-order valence-corrected chi connectivity index (χ3v) is 19.7. The Morgan fingerprint density at radius 3 is 0.716 bits per heavy atom. The number of carbonyl (C=O) groups excluding carboxylic acids is 4. The lowest BCUT2D eigenvalue weighted by Crippen LogP contribution is -2.30. The summed E-state index contributed by atoms with van der Waals surface area (Å²) in [5, 5.41) is 10.6. The minimum absolute atomic E-state index is 0.106. The molecule has 0 aromatic carbocycles. The molecule has 0 aromatic heterocycles. The minimum atomic E-state index is -4.96. The molecular formula is C76H148O17P2. The second kappa shape index (κ2) is 69.2. The molecule has 17 nitrogen and oxygen atoms in total. The van der Waals surface area contributed by atoms with Crippen molar-refractivity contribution in [3.63, 3.8) is 0 Å². The Morgan fingerprint density at radius 1 is 0.284 bits per heavy atom. The third-order valence-electron chi connectivity index (χ3n) is 17.8. The van der Waals surface area contributed by atoms with E-state index >= 15 is 0 Å². The molecule has 0 bridgehead atoms. The van der Waals surface area contributed by atoms with Crippen LogP contribution in [-0.4, -0.2) is 96.7 Å². The summed E-state index contributed by atoms with van der Waals surface area (Å²) in [6.45, 7) is 7.20. The van der Waals surface area contributed by atoms with Crippen molar-refractivity contribution in [2.24, 2.45) is 5.92 Å². The van der Waals surface area contributed by atoms with E-state index in [1.54, 1.807) is 0 Å². The number of esters is 4. The van der Waals surface area contributed by atoms with E-state index in [0.717, 1.165) is 96.3 Å². The quantitative estimate of drug-likeness (QED) is 0.0222. The lowest BCUT2D eigenvalue weighted by Gasteiger charge is -2.21. The Balaban J connectivity index is 5.18. The van der Waals surface area contributed by atoms with Gasteiger partial charge in [0.2, 0.25) is 0 Å². The normalized spacial score (nSPS) is 13.9. The van der Waals surface area contributed by atoms with E-state index in [0.29, 0.717) is 31.6 Å². The predicted octanol–water partition coefficient (Wildman–Crippen LogP) is 22.5. The summed E-state index contributed by atoms with van der Waals surface area (Å²) in [4.78, 5) is 72.7. The van der Waals surface area contributed by atoms with E-state index in [-0.39, 0.29) is 25.7 Å². The summed E-state index contributed by atoms with van der Waals surface area (Å²) < 4.78 is 68.4. The van der Waals surface area contributed by atoms with Crippen LogP contribution < -0.4 is 0 Å². The van der Waals surface area contributed by atoms with Crippen LogP contribution in [0.1, 0.15) is 401 Å². The van der Waals surface area contributed by atoms with Crippen LogP contribution in [0.25, 0.3) is 0 Å². The second-order valence-electron chi connectivity index (χ2n) is 27.9. The first-order chi connectivity index (χ1) is 46.0. The van der Waals surface area contributed by atoms with Gasteiger partial charge in [-0.2, -0.15) is 0 Å². The average molecular weight is 1400 g/mol. The van der Waals surface area contributed by atoms with Crippen molar-refractivity contribution in [3.8, 4) is 0 Å². The number of hydrogen-bond donors (Lipinski definition) is 3. The molecule has 0 fully saturated rings. The zero-order valence-electron chi connectivity index (χ0n) is 61.8. The van der Waals surface area contributed by atoms with Crippen molar-refractivity contribution in [1.29, 1.82) is 0 Å². The zero-order valence-corrected chi connectivity index (χ0v) is 63.6. The number of aliphatic hydroxyl groups excluding tert-OH is 1. The van der Waals surface area contributed by atoms with Gasteiger partial charge in [0.15, 0.2) is 12.2 Å². The number of carbonyl (C=O) groups is 4. The van der Waals surface area contributed by atoms with Gasteiger partial charge in [0.05, 0.1) is 26.4 Å². The van der Waals surface area contributed by atoms with E-state index in [4.69, 9.17) is 37.0 Å². The number of rotatable bonds is 76. The van der Waals surface area contributed by atoms with Crippen molar-refractivity contribution in [3.05, 3.63) is 0 Å². The van der Waals surface area contributed by atoms with E-state index in [1.165, 1.54) is 218 Å². The summed E-state index contributed by atoms with van der Waals surface area (Å²) in [6, 6.07) is 0. The molecule has 0 radical (unpaired) electrons. The van der Waals surface area contributed by atoms with Gasteiger partial charge in [-0.05, 0) is 31.6 Å². The summed E-state index contributed by atoms with van der Waals surface area (Å²) in [6.07, 6.45) is 58.5. The summed E-state index contributed by atoms with van der Waals surface area (Å²) in [5.74, 6) is -1.44. The highest BCUT2D eigenvalue weighted by molar-refractivity contribution is 7.47. The van der Waals surface area contributed by atoms with Gasteiger partial charge in [-0.15, -0.1) is 0 Å². The zero-order chi connectivity index (χ0) is 69.8. The third kappa shape index (κ3) is 70.3. The predicted molar refractivity (Wildman–Crippen MR) is 386 cm³/mol. The van der Waals surface area contributed by atoms with Gasteiger partial charge in [0, 0.05) is 25.7 Å². The van der Waals surface area contributed by atoms with Crippen LogP contribution >= 0.6 is 15.6 Å². The lowest BCUT2D eigenvalue weighted by atomic mass is 10.0. The second-order valence-corrected chi connectivity index (χ2v) is 30.8. The largest absolute Gasteiger partial charge is 0.472 e. The molecule has 3 N–H and O–H groups in total. The van der Waals surface area contributed by atoms with Crippen molar-refractivity contribution in [2.45, 2.75) is 419 Å². The van der Waals surface area contributed by atoms with E-state index in [2.05, 4.69) is 34.6 Å². The summed E-state index contributed by atoms with van der Waals surface area (Å²) >= 11 is 0. The molecular weight excluding hydrogens is 1250 g/mol. The first kappa shape index (κ1) is 93.1.